The van der Waals surface area contributed by atoms with Gasteiger partial charge in [0.15, 0.2) is 0 Å². The Morgan fingerprint density at radius 1 is 0.302 bits per heavy atom. The second-order valence-corrected chi connectivity index (χ2v) is 16.1. The highest BCUT2D eigenvalue weighted by molar-refractivity contribution is 6.11. The molecule has 0 aliphatic carbocycles. The van der Waals surface area contributed by atoms with Crippen LogP contribution in [0.5, 0.6) is 0 Å². The topological polar surface area (TPSA) is 21.3 Å². The largest absolute Gasteiger partial charge is 0.455 e. The SMILES string of the molecule is c1ccc(-c2cccc(N(c3ccc(-c4ccc(-c5ccccc5)cc4-n4c5ccccc5c5ccccc54)cc3)c3cccc(-c4cccc5c4oc4ccccc45)c3)c2)cc1. The van der Waals surface area contributed by atoms with Gasteiger partial charge in [-0.15, -0.1) is 0 Å². The number of anilines is 3. The lowest BCUT2D eigenvalue weighted by Gasteiger charge is -2.27. The Kier molecular flexibility index (Phi) is 8.83. The van der Waals surface area contributed by atoms with Crippen molar-refractivity contribution in [3.05, 3.63) is 243 Å². The van der Waals surface area contributed by atoms with Crippen LogP contribution < -0.4 is 4.90 Å². The van der Waals surface area contributed by atoms with Crippen LogP contribution in [0.1, 0.15) is 0 Å². The number of furan rings is 1. The maximum Gasteiger partial charge on any atom is 0.143 e. The zero-order chi connectivity index (χ0) is 41.7. The molecule has 0 unspecified atom stereocenters. The number of fused-ring (bicyclic) bond motifs is 6. The Balaban J connectivity index is 1.02. The first-order valence-electron chi connectivity index (χ1n) is 21.5. The molecule has 3 heteroatoms. The molecule has 0 fully saturated rings. The highest BCUT2D eigenvalue weighted by Crippen LogP contribution is 2.43. The van der Waals surface area contributed by atoms with Gasteiger partial charge in [-0.25, -0.2) is 0 Å². The monoisotopic (exact) mass is 804 g/mol. The smallest absolute Gasteiger partial charge is 0.143 e. The molecule has 0 saturated heterocycles. The Labute approximate surface area is 366 Å². The van der Waals surface area contributed by atoms with Gasteiger partial charge in [-0.05, 0) is 94.0 Å². The van der Waals surface area contributed by atoms with Gasteiger partial charge in [-0.3, -0.25) is 0 Å². The predicted octanol–water partition coefficient (Wildman–Crippen LogP) is 16.8. The first kappa shape index (κ1) is 36.5. The van der Waals surface area contributed by atoms with Crippen molar-refractivity contribution < 1.29 is 4.42 Å². The summed E-state index contributed by atoms with van der Waals surface area (Å²) in [7, 11) is 0. The molecule has 0 radical (unpaired) electrons. The van der Waals surface area contributed by atoms with E-state index in [0.29, 0.717) is 0 Å². The van der Waals surface area contributed by atoms with E-state index in [9.17, 15) is 0 Å². The van der Waals surface area contributed by atoms with Crippen LogP contribution in [0.3, 0.4) is 0 Å². The molecule has 2 heterocycles. The van der Waals surface area contributed by atoms with Crippen LogP contribution in [-0.4, -0.2) is 4.57 Å². The van der Waals surface area contributed by atoms with E-state index in [1.54, 1.807) is 0 Å². The van der Waals surface area contributed by atoms with E-state index in [1.807, 2.05) is 12.1 Å². The minimum absolute atomic E-state index is 0.895. The Morgan fingerprint density at radius 3 is 1.49 bits per heavy atom. The lowest BCUT2D eigenvalue weighted by Crippen LogP contribution is -2.10. The number of aromatic nitrogens is 1. The van der Waals surface area contributed by atoms with Crippen molar-refractivity contribution in [2.45, 2.75) is 0 Å². The normalized spacial score (nSPS) is 11.5. The zero-order valence-electron chi connectivity index (χ0n) is 34.4. The number of rotatable bonds is 8. The molecule has 12 aromatic rings. The molecule has 0 atom stereocenters. The molecule has 0 aliphatic heterocycles. The lowest BCUT2D eigenvalue weighted by atomic mass is 9.97. The van der Waals surface area contributed by atoms with Crippen LogP contribution in [0.15, 0.2) is 247 Å². The van der Waals surface area contributed by atoms with Crippen molar-refractivity contribution in [3.8, 4) is 50.2 Å². The predicted molar refractivity (Wildman–Crippen MR) is 264 cm³/mol. The Hall–Kier alpha value is -8.40. The van der Waals surface area contributed by atoms with Gasteiger partial charge < -0.3 is 13.9 Å². The average molecular weight is 805 g/mol. The van der Waals surface area contributed by atoms with Crippen molar-refractivity contribution in [2.24, 2.45) is 0 Å². The lowest BCUT2D eigenvalue weighted by molar-refractivity contribution is 0.670. The van der Waals surface area contributed by atoms with Crippen LogP contribution in [0.4, 0.5) is 17.1 Å². The van der Waals surface area contributed by atoms with E-state index in [2.05, 4.69) is 240 Å². The molecule has 296 valence electrons. The Bertz CT molecular complexity index is 3570. The third-order valence-electron chi connectivity index (χ3n) is 12.4. The summed E-state index contributed by atoms with van der Waals surface area (Å²) in [6, 6.07) is 87.1. The molecular weight excluding hydrogens is 765 g/mol. The number of nitrogens with zero attached hydrogens (tertiary/aromatic N) is 2. The molecule has 63 heavy (non-hydrogen) atoms. The summed E-state index contributed by atoms with van der Waals surface area (Å²) in [6.45, 7) is 0. The summed E-state index contributed by atoms with van der Waals surface area (Å²) in [4.78, 5) is 2.37. The van der Waals surface area contributed by atoms with Gasteiger partial charge in [0.05, 0.1) is 16.7 Å². The molecule has 0 N–H and O–H groups in total. The maximum atomic E-state index is 6.53. The molecular formula is C60H40N2O. The molecule has 12 rings (SSSR count). The molecule has 0 amide bonds. The fourth-order valence-electron chi connectivity index (χ4n) is 9.43. The highest BCUT2D eigenvalue weighted by Gasteiger charge is 2.20. The van der Waals surface area contributed by atoms with Gasteiger partial charge in [0.1, 0.15) is 11.2 Å². The summed E-state index contributed by atoms with van der Waals surface area (Å²) in [5.41, 5.74) is 17.6. The van der Waals surface area contributed by atoms with E-state index in [1.165, 1.54) is 38.5 Å². The third kappa shape index (κ3) is 6.38. The second kappa shape index (κ2) is 15.3. The maximum absolute atomic E-state index is 6.53. The minimum Gasteiger partial charge on any atom is -0.455 e. The zero-order valence-corrected chi connectivity index (χ0v) is 34.4. The molecule has 2 aromatic heterocycles. The summed E-state index contributed by atoms with van der Waals surface area (Å²) in [5.74, 6) is 0. The molecule has 0 aliphatic rings. The first-order valence-corrected chi connectivity index (χ1v) is 21.5. The quantitative estimate of drug-likeness (QED) is 0.153. The van der Waals surface area contributed by atoms with E-state index < -0.39 is 0 Å². The van der Waals surface area contributed by atoms with E-state index in [4.69, 9.17) is 4.42 Å². The summed E-state index contributed by atoms with van der Waals surface area (Å²) >= 11 is 0. The van der Waals surface area contributed by atoms with Gasteiger partial charge in [0.25, 0.3) is 0 Å². The summed E-state index contributed by atoms with van der Waals surface area (Å²) in [6.07, 6.45) is 0. The van der Waals surface area contributed by atoms with Crippen LogP contribution in [0.2, 0.25) is 0 Å². The second-order valence-electron chi connectivity index (χ2n) is 16.1. The molecule has 0 saturated carbocycles. The number of benzene rings is 10. The van der Waals surface area contributed by atoms with Crippen LogP contribution in [0, 0.1) is 0 Å². The molecule has 10 aromatic carbocycles. The van der Waals surface area contributed by atoms with E-state index in [0.717, 1.165) is 72.5 Å². The minimum atomic E-state index is 0.895. The number of hydrogen-bond donors (Lipinski definition) is 0. The van der Waals surface area contributed by atoms with Crippen molar-refractivity contribution in [1.29, 1.82) is 0 Å². The average Bonchev–Trinajstić information content (AvgIpc) is 3.91. The molecule has 0 bridgehead atoms. The standard InChI is InChI=1S/C60H40N2O/c1-3-16-41(17-4-1)44-20-13-22-48(38-44)61(49-23-14-21-46(39-49)51-27-15-28-55-54-26-9-12-31-59(54)63-60(51)55)47-35-32-43(33-36-47)50-37-34-45(42-18-5-2-6-19-42)40-58(50)62-56-29-10-7-24-52(56)53-25-8-11-30-57(53)62/h1-40H. The van der Waals surface area contributed by atoms with E-state index >= 15 is 0 Å². The summed E-state index contributed by atoms with van der Waals surface area (Å²) in [5, 5.41) is 4.73. The van der Waals surface area contributed by atoms with Crippen LogP contribution >= 0.6 is 0 Å². The van der Waals surface area contributed by atoms with Crippen molar-refractivity contribution in [1.82, 2.24) is 4.57 Å². The van der Waals surface area contributed by atoms with Crippen molar-refractivity contribution in [3.63, 3.8) is 0 Å². The highest BCUT2D eigenvalue weighted by atomic mass is 16.3. The van der Waals surface area contributed by atoms with Gasteiger partial charge in [-0.2, -0.15) is 0 Å². The van der Waals surface area contributed by atoms with Gasteiger partial charge in [-0.1, -0.05) is 182 Å². The van der Waals surface area contributed by atoms with Gasteiger partial charge >= 0.3 is 0 Å². The first-order chi connectivity index (χ1) is 31.2. The van der Waals surface area contributed by atoms with Crippen LogP contribution in [-0.2, 0) is 0 Å². The fraction of sp³-hybridized carbons (Fsp3) is 0. The van der Waals surface area contributed by atoms with E-state index in [-0.39, 0.29) is 0 Å². The molecule has 3 nitrogen and oxygen atoms in total. The number of hydrogen-bond acceptors (Lipinski definition) is 2. The van der Waals surface area contributed by atoms with Crippen LogP contribution in [0.25, 0.3) is 93.9 Å². The summed E-state index contributed by atoms with van der Waals surface area (Å²) < 4.78 is 8.97. The number of para-hydroxylation sites is 4. The fourth-order valence-corrected chi connectivity index (χ4v) is 9.43. The Morgan fingerprint density at radius 2 is 0.810 bits per heavy atom. The van der Waals surface area contributed by atoms with Crippen molar-refractivity contribution >= 4 is 60.8 Å². The van der Waals surface area contributed by atoms with Gasteiger partial charge in [0.2, 0.25) is 0 Å². The van der Waals surface area contributed by atoms with Crippen molar-refractivity contribution in [2.75, 3.05) is 4.90 Å². The van der Waals surface area contributed by atoms with Gasteiger partial charge in [0, 0.05) is 49.7 Å². The third-order valence-corrected chi connectivity index (χ3v) is 12.4. The molecule has 0 spiro atoms.